The topological polar surface area (TPSA) is 158 Å². The molecule has 0 saturated carbocycles. The van der Waals surface area contributed by atoms with Crippen molar-refractivity contribution in [3.05, 3.63) is 95.1 Å². The Labute approximate surface area is 223 Å². The van der Waals surface area contributed by atoms with Crippen LogP contribution < -0.4 is 20.1 Å². The summed E-state index contributed by atoms with van der Waals surface area (Å²) < 4.78 is 10.9. The zero-order valence-electron chi connectivity index (χ0n) is 21.1. The van der Waals surface area contributed by atoms with Gasteiger partial charge in [0.1, 0.15) is 34.5 Å². The zero-order chi connectivity index (χ0) is 28.1. The van der Waals surface area contributed by atoms with Gasteiger partial charge in [-0.15, -0.1) is 0 Å². The highest BCUT2D eigenvalue weighted by atomic mass is 16.5. The van der Waals surface area contributed by atoms with Gasteiger partial charge in [-0.1, -0.05) is 12.1 Å². The molecule has 0 radical (unpaired) electrons. The number of anilines is 2. The molecule has 4 rings (SSSR count). The molecule has 0 fully saturated rings. The molecule has 0 heterocycles. The highest BCUT2D eigenvalue weighted by molar-refractivity contribution is 6.07. The van der Waals surface area contributed by atoms with Crippen LogP contribution in [0, 0.1) is 0 Å². The number of methoxy groups -OCH3 is 2. The molecule has 0 bridgehead atoms. The van der Waals surface area contributed by atoms with Crippen LogP contribution in [0.15, 0.2) is 72.8 Å². The van der Waals surface area contributed by atoms with Crippen LogP contribution in [-0.4, -0.2) is 46.5 Å². The fourth-order valence-corrected chi connectivity index (χ4v) is 3.94. The second-order valence-corrected chi connectivity index (χ2v) is 8.56. The van der Waals surface area contributed by atoms with Crippen molar-refractivity contribution in [2.24, 2.45) is 0 Å². The van der Waals surface area contributed by atoms with Crippen LogP contribution in [0.25, 0.3) is 0 Å². The molecule has 200 valence electrons. The van der Waals surface area contributed by atoms with Crippen molar-refractivity contribution in [3.63, 3.8) is 0 Å². The highest BCUT2D eigenvalue weighted by Gasteiger charge is 2.17. The lowest BCUT2D eigenvalue weighted by Crippen LogP contribution is -2.13. The van der Waals surface area contributed by atoms with E-state index in [1.807, 2.05) is 12.1 Å². The predicted molar refractivity (Wildman–Crippen MR) is 144 cm³/mol. The van der Waals surface area contributed by atoms with Gasteiger partial charge < -0.3 is 40.5 Å². The number of nitrogens with one attached hydrogen (secondary N) is 2. The molecule has 39 heavy (non-hydrogen) atoms. The monoisotopic (exact) mass is 530 g/mol. The first kappa shape index (κ1) is 26.7. The highest BCUT2D eigenvalue weighted by Crippen LogP contribution is 2.32. The van der Waals surface area contributed by atoms with E-state index in [2.05, 4.69) is 10.6 Å². The fraction of sp³-hybridized carbons (Fsp3) is 0.103. The van der Waals surface area contributed by atoms with Gasteiger partial charge in [-0.25, -0.2) is 0 Å². The number of carbonyl (C=O) groups is 2. The number of hydrogen-bond acceptors (Lipinski definition) is 8. The quantitative estimate of drug-likeness (QED) is 0.193. The minimum absolute atomic E-state index is 0.00108. The van der Waals surface area contributed by atoms with Crippen LogP contribution >= 0.6 is 0 Å². The van der Waals surface area contributed by atoms with E-state index >= 15 is 0 Å². The molecule has 0 aromatic heterocycles. The van der Waals surface area contributed by atoms with E-state index in [0.29, 0.717) is 29.3 Å². The van der Waals surface area contributed by atoms with Crippen LogP contribution in [-0.2, 0) is 6.42 Å². The number of benzene rings is 4. The smallest absolute Gasteiger partial charge is 0.259 e. The number of carbonyl (C=O) groups excluding carboxylic acids is 2. The summed E-state index contributed by atoms with van der Waals surface area (Å²) in [5.74, 6) is -1.34. The number of aromatic hydroxyl groups is 4. The van der Waals surface area contributed by atoms with Crippen LogP contribution in [0.5, 0.6) is 34.5 Å². The molecule has 0 saturated heterocycles. The Morgan fingerprint density at radius 3 is 1.38 bits per heavy atom. The van der Waals surface area contributed by atoms with Crippen molar-refractivity contribution in [3.8, 4) is 34.5 Å². The second-order valence-electron chi connectivity index (χ2n) is 8.56. The zero-order valence-corrected chi connectivity index (χ0v) is 21.1. The maximum absolute atomic E-state index is 12.6. The molecule has 4 aromatic rings. The van der Waals surface area contributed by atoms with Gasteiger partial charge in [0.2, 0.25) is 0 Å². The molecule has 0 aliphatic carbocycles. The molecule has 0 unspecified atom stereocenters. The first-order valence-electron chi connectivity index (χ1n) is 11.7. The van der Waals surface area contributed by atoms with Crippen molar-refractivity contribution in [1.82, 2.24) is 0 Å². The Bertz CT molecular complexity index is 1440. The van der Waals surface area contributed by atoms with Crippen molar-refractivity contribution in [2.75, 3.05) is 24.9 Å². The van der Waals surface area contributed by atoms with Gasteiger partial charge in [0.15, 0.2) is 0 Å². The summed E-state index contributed by atoms with van der Waals surface area (Å²) in [7, 11) is 2.94. The lowest BCUT2D eigenvalue weighted by atomic mass is 10.0. The SMILES string of the molecule is COc1cc(Cc2ccc(NC(=O)c3ccc(O)cc3O)c(OC)c2)ccc1NC(=O)c1ccc(O)cc1O. The average Bonchev–Trinajstić information content (AvgIpc) is 2.90. The van der Waals surface area contributed by atoms with Crippen LogP contribution in [0.4, 0.5) is 11.4 Å². The number of hydrogen-bond donors (Lipinski definition) is 6. The molecular weight excluding hydrogens is 504 g/mol. The van der Waals surface area contributed by atoms with E-state index in [1.54, 1.807) is 24.3 Å². The Balaban J connectivity index is 1.49. The van der Waals surface area contributed by atoms with E-state index in [-0.39, 0.29) is 34.1 Å². The third kappa shape index (κ3) is 6.13. The summed E-state index contributed by atoms with van der Waals surface area (Å²) in [5, 5.41) is 44.2. The lowest BCUT2D eigenvalue weighted by molar-refractivity contribution is 0.101. The third-order valence-corrected chi connectivity index (χ3v) is 5.89. The lowest BCUT2D eigenvalue weighted by Gasteiger charge is -2.14. The molecule has 0 aliphatic rings. The van der Waals surface area contributed by atoms with Crippen molar-refractivity contribution >= 4 is 23.2 Å². The summed E-state index contributed by atoms with van der Waals surface area (Å²) in [5.41, 5.74) is 2.52. The maximum Gasteiger partial charge on any atom is 0.259 e. The molecule has 0 aliphatic heterocycles. The van der Waals surface area contributed by atoms with Crippen LogP contribution in [0.1, 0.15) is 31.8 Å². The largest absolute Gasteiger partial charge is 0.508 e. The first-order chi connectivity index (χ1) is 18.7. The van der Waals surface area contributed by atoms with Crippen molar-refractivity contribution < 1.29 is 39.5 Å². The van der Waals surface area contributed by atoms with Gasteiger partial charge in [-0.3, -0.25) is 9.59 Å². The Morgan fingerprint density at radius 2 is 1.03 bits per heavy atom. The predicted octanol–water partition coefficient (Wildman–Crippen LogP) is 4.62. The van der Waals surface area contributed by atoms with Crippen molar-refractivity contribution in [1.29, 1.82) is 0 Å². The summed E-state index contributed by atoms with van der Waals surface area (Å²) in [4.78, 5) is 25.2. The summed E-state index contributed by atoms with van der Waals surface area (Å²) in [6, 6.07) is 17.9. The minimum atomic E-state index is -0.568. The number of phenols is 4. The number of phenolic OH excluding ortho intramolecular Hbond substituents is 4. The summed E-state index contributed by atoms with van der Waals surface area (Å²) in [6.07, 6.45) is 0.479. The number of amides is 2. The van der Waals surface area contributed by atoms with E-state index in [1.165, 1.54) is 38.5 Å². The molecule has 0 atom stereocenters. The first-order valence-corrected chi connectivity index (χ1v) is 11.7. The van der Waals surface area contributed by atoms with E-state index in [9.17, 15) is 30.0 Å². The van der Waals surface area contributed by atoms with E-state index < -0.39 is 11.8 Å². The van der Waals surface area contributed by atoms with Gasteiger partial charge in [0.05, 0.1) is 36.7 Å². The Hall–Kier alpha value is -5.38. The van der Waals surface area contributed by atoms with Gasteiger partial charge in [-0.05, 0) is 66.1 Å². The number of ether oxygens (including phenoxy) is 2. The molecule has 4 aromatic carbocycles. The fourth-order valence-electron chi connectivity index (χ4n) is 3.94. The average molecular weight is 531 g/mol. The minimum Gasteiger partial charge on any atom is -0.508 e. The van der Waals surface area contributed by atoms with Crippen LogP contribution in [0.2, 0.25) is 0 Å². The van der Waals surface area contributed by atoms with Gasteiger partial charge in [-0.2, -0.15) is 0 Å². The molecular formula is C29H26N2O8. The van der Waals surface area contributed by atoms with E-state index in [4.69, 9.17) is 9.47 Å². The Morgan fingerprint density at radius 1 is 0.615 bits per heavy atom. The number of rotatable bonds is 8. The summed E-state index contributed by atoms with van der Waals surface area (Å²) in [6.45, 7) is 0. The summed E-state index contributed by atoms with van der Waals surface area (Å²) >= 11 is 0. The molecule has 2 amide bonds. The molecule has 10 heteroatoms. The molecule has 6 N–H and O–H groups in total. The van der Waals surface area contributed by atoms with Gasteiger partial charge in [0.25, 0.3) is 11.8 Å². The molecule has 0 spiro atoms. The standard InChI is InChI=1S/C29H26N2O8/c1-38-26-12-16(3-9-22(26)30-28(36)20-7-5-18(32)14-24(20)34)11-17-4-10-23(27(13-17)39-2)31-29(37)21-8-6-19(33)15-25(21)35/h3-10,12-15,32-35H,11H2,1-2H3,(H,30,36)(H,31,37). The Kier molecular flexibility index (Phi) is 7.76. The third-order valence-electron chi connectivity index (χ3n) is 5.89. The second kappa shape index (κ2) is 11.3. The van der Waals surface area contributed by atoms with Gasteiger partial charge >= 0.3 is 0 Å². The van der Waals surface area contributed by atoms with Crippen molar-refractivity contribution in [2.45, 2.75) is 6.42 Å². The van der Waals surface area contributed by atoms with Crippen LogP contribution in [0.3, 0.4) is 0 Å². The molecule has 10 nitrogen and oxygen atoms in total. The van der Waals surface area contributed by atoms with E-state index in [0.717, 1.165) is 23.3 Å². The maximum atomic E-state index is 12.6. The van der Waals surface area contributed by atoms with Gasteiger partial charge in [0, 0.05) is 12.1 Å². The normalized spacial score (nSPS) is 10.5.